The normalized spacial score (nSPS) is 12.2. The van der Waals surface area contributed by atoms with Gasteiger partial charge >= 0.3 is 0 Å². The van der Waals surface area contributed by atoms with Crippen molar-refractivity contribution in [3.05, 3.63) is 32.4 Å². The molecule has 1 aromatic carbocycles. The van der Waals surface area contributed by atoms with Gasteiger partial charge in [-0.05, 0) is 53.5 Å². The van der Waals surface area contributed by atoms with Gasteiger partial charge in [-0.2, -0.15) is 11.8 Å². The molecule has 0 aromatic heterocycles. The molecule has 0 aliphatic rings. The fourth-order valence-electron chi connectivity index (χ4n) is 1.25. The van der Waals surface area contributed by atoms with Crippen LogP contribution in [0.4, 0.5) is 0 Å². The predicted molar refractivity (Wildman–Crippen MR) is 84.1 cm³/mol. The average molecular weight is 384 g/mol. The second-order valence-corrected chi connectivity index (χ2v) is 6.57. The van der Waals surface area contributed by atoms with Crippen molar-refractivity contribution in [1.29, 1.82) is 0 Å². The first-order valence-electron chi connectivity index (χ1n) is 5.30. The molecule has 94 valence electrons. The minimum atomic E-state index is -0.0587. The zero-order valence-corrected chi connectivity index (χ0v) is 13.5. The van der Waals surface area contributed by atoms with Gasteiger partial charge in [-0.25, -0.2) is 0 Å². The maximum Gasteiger partial charge on any atom is 0.251 e. The Morgan fingerprint density at radius 1 is 1.59 bits per heavy atom. The van der Waals surface area contributed by atoms with Crippen molar-refractivity contribution in [1.82, 2.24) is 5.32 Å². The maximum atomic E-state index is 11.8. The summed E-state index contributed by atoms with van der Waals surface area (Å²) in [6.07, 6.45) is 3.05. The van der Waals surface area contributed by atoms with Gasteiger partial charge < -0.3 is 5.32 Å². The summed E-state index contributed by atoms with van der Waals surface area (Å²) in [5.41, 5.74) is 0.618. The largest absolute Gasteiger partial charge is 0.352 e. The molecule has 0 fully saturated rings. The van der Waals surface area contributed by atoms with E-state index in [4.69, 9.17) is 11.6 Å². The van der Waals surface area contributed by atoms with Crippen molar-refractivity contribution in [3.63, 3.8) is 0 Å². The molecule has 0 saturated carbocycles. The second kappa shape index (κ2) is 7.48. The Balaban J connectivity index is 2.50. The molecule has 1 amide bonds. The fourth-order valence-corrected chi connectivity index (χ4v) is 2.12. The lowest BCUT2D eigenvalue weighted by atomic mass is 10.2. The lowest BCUT2D eigenvalue weighted by Gasteiger charge is -2.09. The quantitative estimate of drug-likeness (QED) is 0.783. The minimum Gasteiger partial charge on any atom is -0.352 e. The summed E-state index contributed by atoms with van der Waals surface area (Å²) in [6.45, 7) is 2.85. The molecule has 0 radical (unpaired) electrons. The molecule has 2 nitrogen and oxygen atoms in total. The summed E-state index contributed by atoms with van der Waals surface area (Å²) in [5.74, 6) is -0.0587. The van der Waals surface area contributed by atoms with Gasteiger partial charge in [-0.15, -0.1) is 0 Å². The Kier molecular flexibility index (Phi) is 6.66. The molecule has 1 unspecified atom stereocenters. The predicted octanol–water partition coefficient (Wildman–Crippen LogP) is 3.82. The van der Waals surface area contributed by atoms with E-state index in [1.54, 1.807) is 23.9 Å². The molecule has 0 saturated heterocycles. The lowest BCUT2D eigenvalue weighted by Crippen LogP contribution is -2.26. The molecule has 17 heavy (non-hydrogen) atoms. The monoisotopic (exact) mass is 383 g/mol. The molecule has 1 aromatic rings. The Bertz CT molecular complexity index is 400. The molecule has 0 heterocycles. The molecule has 0 spiro atoms. The topological polar surface area (TPSA) is 29.1 Å². The lowest BCUT2D eigenvalue weighted by molar-refractivity contribution is 0.0953. The van der Waals surface area contributed by atoms with Gasteiger partial charge in [0.15, 0.2) is 0 Å². The Morgan fingerprint density at radius 3 is 2.88 bits per heavy atom. The van der Waals surface area contributed by atoms with E-state index in [-0.39, 0.29) is 5.91 Å². The second-order valence-electron chi connectivity index (χ2n) is 3.72. The number of carbonyl (C=O) groups excluding carboxylic acids is 1. The van der Waals surface area contributed by atoms with Gasteiger partial charge in [-0.1, -0.05) is 18.5 Å². The van der Waals surface area contributed by atoms with Gasteiger partial charge in [0.05, 0.1) is 5.02 Å². The molecule has 1 atom stereocenters. The van der Waals surface area contributed by atoms with Gasteiger partial charge in [0.1, 0.15) is 0 Å². The number of nitrogens with one attached hydrogen (secondary N) is 1. The third-order valence-corrected chi connectivity index (χ3v) is 5.03. The number of amides is 1. The highest BCUT2D eigenvalue weighted by molar-refractivity contribution is 14.1. The Hall–Kier alpha value is 0.0600. The van der Waals surface area contributed by atoms with E-state index >= 15 is 0 Å². The molecule has 5 heteroatoms. The minimum absolute atomic E-state index is 0.0587. The first-order valence-corrected chi connectivity index (χ1v) is 8.05. The highest BCUT2D eigenvalue weighted by Gasteiger charge is 2.07. The van der Waals surface area contributed by atoms with E-state index in [1.165, 1.54) is 0 Å². The zero-order valence-electron chi connectivity index (χ0n) is 9.80. The first kappa shape index (κ1) is 15.1. The van der Waals surface area contributed by atoms with Gasteiger partial charge in [0.25, 0.3) is 5.91 Å². The van der Waals surface area contributed by atoms with Crippen LogP contribution >= 0.6 is 46.0 Å². The zero-order chi connectivity index (χ0) is 12.8. The van der Waals surface area contributed by atoms with Crippen LogP contribution in [0.15, 0.2) is 18.2 Å². The number of carbonyl (C=O) groups is 1. The summed E-state index contributed by atoms with van der Waals surface area (Å²) in [4.78, 5) is 11.8. The number of hydrogen-bond donors (Lipinski definition) is 1. The van der Waals surface area contributed by atoms with Crippen LogP contribution in [0.1, 0.15) is 23.7 Å². The molecule has 1 N–H and O–H groups in total. The number of thioether (sulfide) groups is 1. The standard InChI is InChI=1S/C12H15ClINOS/c1-8(17-2)5-6-15-12(16)9-3-4-11(14)10(13)7-9/h3-4,7-8H,5-6H2,1-2H3,(H,15,16). The Morgan fingerprint density at radius 2 is 2.29 bits per heavy atom. The number of benzene rings is 1. The number of halogens is 2. The fraction of sp³-hybridized carbons (Fsp3) is 0.417. The van der Waals surface area contributed by atoms with Crippen molar-refractivity contribution in [2.75, 3.05) is 12.8 Å². The average Bonchev–Trinajstić information content (AvgIpc) is 2.32. The van der Waals surface area contributed by atoms with Crippen LogP contribution in [-0.2, 0) is 0 Å². The number of hydrogen-bond acceptors (Lipinski definition) is 2. The molecule has 0 bridgehead atoms. The highest BCUT2D eigenvalue weighted by atomic mass is 127. The van der Waals surface area contributed by atoms with Crippen LogP contribution in [0.3, 0.4) is 0 Å². The summed E-state index contributed by atoms with van der Waals surface area (Å²) in [7, 11) is 0. The third-order valence-electron chi connectivity index (χ3n) is 2.42. The van der Waals surface area contributed by atoms with Crippen LogP contribution in [-0.4, -0.2) is 24.0 Å². The van der Waals surface area contributed by atoms with Crippen LogP contribution in [0.5, 0.6) is 0 Å². The van der Waals surface area contributed by atoms with Crippen molar-refractivity contribution >= 4 is 51.9 Å². The summed E-state index contributed by atoms with van der Waals surface area (Å²) >= 11 is 9.92. The summed E-state index contributed by atoms with van der Waals surface area (Å²) in [6, 6.07) is 5.35. The molecule has 1 rings (SSSR count). The molecular formula is C12H15ClINOS. The third kappa shape index (κ3) is 5.06. The van der Waals surface area contributed by atoms with E-state index in [1.807, 2.05) is 6.07 Å². The maximum absolute atomic E-state index is 11.8. The molecule has 0 aliphatic heterocycles. The van der Waals surface area contributed by atoms with Gasteiger partial charge in [0, 0.05) is 20.9 Å². The molecule has 0 aliphatic carbocycles. The van der Waals surface area contributed by atoms with Crippen LogP contribution < -0.4 is 5.32 Å². The first-order chi connectivity index (χ1) is 8.04. The van der Waals surface area contributed by atoms with Gasteiger partial charge in [-0.3, -0.25) is 4.79 Å². The van der Waals surface area contributed by atoms with Crippen molar-refractivity contribution < 1.29 is 4.79 Å². The van der Waals surface area contributed by atoms with E-state index < -0.39 is 0 Å². The van der Waals surface area contributed by atoms with Crippen LogP contribution in [0, 0.1) is 3.57 Å². The van der Waals surface area contributed by atoms with E-state index in [0.717, 1.165) is 9.99 Å². The van der Waals surface area contributed by atoms with Crippen molar-refractivity contribution in [3.8, 4) is 0 Å². The van der Waals surface area contributed by atoms with Crippen LogP contribution in [0.25, 0.3) is 0 Å². The van der Waals surface area contributed by atoms with E-state index in [0.29, 0.717) is 22.4 Å². The van der Waals surface area contributed by atoms with E-state index in [9.17, 15) is 4.79 Å². The van der Waals surface area contributed by atoms with Gasteiger partial charge in [0.2, 0.25) is 0 Å². The summed E-state index contributed by atoms with van der Waals surface area (Å²) < 4.78 is 0.955. The van der Waals surface area contributed by atoms with Crippen molar-refractivity contribution in [2.24, 2.45) is 0 Å². The highest BCUT2D eigenvalue weighted by Crippen LogP contribution is 2.19. The van der Waals surface area contributed by atoms with E-state index in [2.05, 4.69) is 41.1 Å². The Labute approximate surface area is 125 Å². The van der Waals surface area contributed by atoms with Crippen molar-refractivity contribution in [2.45, 2.75) is 18.6 Å². The smallest absolute Gasteiger partial charge is 0.251 e. The summed E-state index contributed by atoms with van der Waals surface area (Å²) in [5, 5.41) is 4.08. The molecular weight excluding hydrogens is 369 g/mol. The van der Waals surface area contributed by atoms with Crippen LogP contribution in [0.2, 0.25) is 5.02 Å². The number of rotatable bonds is 5. The SMILES string of the molecule is CSC(C)CCNC(=O)c1ccc(I)c(Cl)c1.